The standard InChI is InChI=1S/C11H14ClNO4S/c1-8-4-5-9(7-10(8)12)18(16,17)13-6-2-3-11(14)15/h4-5,7,13H,2-3,6H2,1H3,(H,14,15). The molecular formula is C11H14ClNO4S. The van der Waals surface area contributed by atoms with Crippen LogP contribution in [0.5, 0.6) is 0 Å². The van der Waals surface area contributed by atoms with Gasteiger partial charge in [-0.3, -0.25) is 4.79 Å². The molecule has 100 valence electrons. The second-order valence-electron chi connectivity index (χ2n) is 3.81. The van der Waals surface area contributed by atoms with E-state index in [4.69, 9.17) is 16.7 Å². The minimum atomic E-state index is -3.62. The molecule has 0 amide bonds. The quantitative estimate of drug-likeness (QED) is 0.783. The normalized spacial score (nSPS) is 11.4. The summed E-state index contributed by atoms with van der Waals surface area (Å²) in [6.07, 6.45) is 0.172. The fraction of sp³-hybridized carbons (Fsp3) is 0.364. The fourth-order valence-electron chi connectivity index (χ4n) is 1.27. The Balaban J connectivity index is 2.68. The zero-order chi connectivity index (χ0) is 13.8. The molecule has 0 aliphatic carbocycles. The number of sulfonamides is 1. The first kappa shape index (κ1) is 14.9. The van der Waals surface area contributed by atoms with Crippen molar-refractivity contribution in [1.29, 1.82) is 0 Å². The molecule has 0 aliphatic rings. The maximum Gasteiger partial charge on any atom is 0.303 e. The number of carboxylic acids is 1. The van der Waals surface area contributed by atoms with Crippen molar-refractivity contribution in [2.24, 2.45) is 0 Å². The lowest BCUT2D eigenvalue weighted by Crippen LogP contribution is -2.25. The molecule has 18 heavy (non-hydrogen) atoms. The van der Waals surface area contributed by atoms with E-state index in [-0.39, 0.29) is 24.3 Å². The highest BCUT2D eigenvalue weighted by Gasteiger charge is 2.14. The Hall–Kier alpha value is -1.11. The topological polar surface area (TPSA) is 83.5 Å². The maximum absolute atomic E-state index is 11.8. The molecule has 0 aliphatic heterocycles. The molecule has 0 atom stereocenters. The van der Waals surface area contributed by atoms with Crippen molar-refractivity contribution in [2.75, 3.05) is 6.54 Å². The third-order valence-corrected chi connectivity index (χ3v) is 4.18. The van der Waals surface area contributed by atoms with Crippen LogP contribution in [0.1, 0.15) is 18.4 Å². The second-order valence-corrected chi connectivity index (χ2v) is 5.98. The molecule has 0 radical (unpaired) electrons. The van der Waals surface area contributed by atoms with E-state index in [9.17, 15) is 13.2 Å². The van der Waals surface area contributed by atoms with Crippen molar-refractivity contribution in [3.05, 3.63) is 28.8 Å². The highest BCUT2D eigenvalue weighted by atomic mass is 35.5. The molecule has 0 aromatic heterocycles. The fourth-order valence-corrected chi connectivity index (χ4v) is 2.62. The minimum Gasteiger partial charge on any atom is -0.481 e. The van der Waals surface area contributed by atoms with Gasteiger partial charge < -0.3 is 5.11 Å². The second kappa shape index (κ2) is 6.17. The van der Waals surface area contributed by atoms with E-state index in [1.54, 1.807) is 13.0 Å². The summed E-state index contributed by atoms with van der Waals surface area (Å²) in [5, 5.41) is 8.81. The summed E-state index contributed by atoms with van der Waals surface area (Å²) < 4.78 is 26.0. The number of carboxylic acid groups (broad SMARTS) is 1. The smallest absolute Gasteiger partial charge is 0.303 e. The van der Waals surface area contributed by atoms with Crippen LogP contribution in [0.4, 0.5) is 0 Å². The highest BCUT2D eigenvalue weighted by molar-refractivity contribution is 7.89. The molecule has 0 saturated carbocycles. The summed E-state index contributed by atoms with van der Waals surface area (Å²) in [6.45, 7) is 1.86. The van der Waals surface area contributed by atoms with Gasteiger partial charge in [0.15, 0.2) is 0 Å². The van der Waals surface area contributed by atoms with Crippen LogP contribution in [0, 0.1) is 6.92 Å². The average molecular weight is 292 g/mol. The summed E-state index contributed by atoms with van der Waals surface area (Å²) in [7, 11) is -3.62. The molecule has 1 rings (SSSR count). The Morgan fingerprint density at radius 2 is 2.11 bits per heavy atom. The van der Waals surface area contributed by atoms with Crippen molar-refractivity contribution in [3.8, 4) is 0 Å². The zero-order valence-corrected chi connectivity index (χ0v) is 11.4. The van der Waals surface area contributed by atoms with Crippen LogP contribution in [-0.2, 0) is 14.8 Å². The lowest BCUT2D eigenvalue weighted by Gasteiger charge is -2.07. The van der Waals surface area contributed by atoms with Gasteiger partial charge in [-0.15, -0.1) is 0 Å². The Bertz CT molecular complexity index is 542. The van der Waals surface area contributed by atoms with Crippen LogP contribution >= 0.6 is 11.6 Å². The molecule has 0 heterocycles. The molecular weight excluding hydrogens is 278 g/mol. The first-order valence-corrected chi connectivity index (χ1v) is 7.16. The number of aliphatic carboxylic acids is 1. The zero-order valence-electron chi connectivity index (χ0n) is 9.81. The van der Waals surface area contributed by atoms with E-state index >= 15 is 0 Å². The predicted molar refractivity (Wildman–Crippen MR) is 68.2 cm³/mol. The number of carbonyl (C=O) groups is 1. The molecule has 7 heteroatoms. The van der Waals surface area contributed by atoms with E-state index < -0.39 is 16.0 Å². The molecule has 2 N–H and O–H groups in total. The van der Waals surface area contributed by atoms with Crippen molar-refractivity contribution in [3.63, 3.8) is 0 Å². The molecule has 5 nitrogen and oxygen atoms in total. The van der Waals surface area contributed by atoms with Crippen LogP contribution in [0.25, 0.3) is 0 Å². The van der Waals surface area contributed by atoms with Gasteiger partial charge in [0, 0.05) is 18.0 Å². The maximum atomic E-state index is 11.8. The van der Waals surface area contributed by atoms with E-state index in [2.05, 4.69) is 4.72 Å². The number of benzene rings is 1. The van der Waals surface area contributed by atoms with Crippen LogP contribution in [-0.4, -0.2) is 26.0 Å². The van der Waals surface area contributed by atoms with Gasteiger partial charge in [-0.25, -0.2) is 13.1 Å². The number of halogens is 1. The summed E-state index contributed by atoms with van der Waals surface area (Å²) in [5.41, 5.74) is 0.793. The van der Waals surface area contributed by atoms with E-state index in [1.165, 1.54) is 12.1 Å². The van der Waals surface area contributed by atoms with Gasteiger partial charge in [0.05, 0.1) is 4.90 Å². The van der Waals surface area contributed by atoms with Gasteiger partial charge in [-0.1, -0.05) is 17.7 Å². The van der Waals surface area contributed by atoms with Crippen molar-refractivity contribution in [1.82, 2.24) is 4.72 Å². The van der Waals surface area contributed by atoms with Crippen LogP contribution < -0.4 is 4.72 Å². The molecule has 0 saturated heterocycles. The van der Waals surface area contributed by atoms with Crippen LogP contribution in [0.15, 0.2) is 23.1 Å². The van der Waals surface area contributed by atoms with Gasteiger partial charge in [0.25, 0.3) is 0 Å². The summed E-state index contributed by atoms with van der Waals surface area (Å²) in [5.74, 6) is -0.951. The van der Waals surface area contributed by atoms with Crippen LogP contribution in [0.2, 0.25) is 5.02 Å². The molecule has 0 bridgehead atoms. The van der Waals surface area contributed by atoms with Crippen molar-refractivity contribution < 1.29 is 18.3 Å². The van der Waals surface area contributed by atoms with E-state index in [0.29, 0.717) is 5.02 Å². The molecule has 0 spiro atoms. The predicted octanol–water partition coefficient (Wildman–Crippen LogP) is 1.79. The SMILES string of the molecule is Cc1ccc(S(=O)(=O)NCCCC(=O)O)cc1Cl. The molecule has 0 unspecified atom stereocenters. The minimum absolute atomic E-state index is 0.0722. The first-order chi connectivity index (χ1) is 8.33. The number of rotatable bonds is 6. The lowest BCUT2D eigenvalue weighted by atomic mass is 10.2. The van der Waals surface area contributed by atoms with Gasteiger partial charge in [-0.2, -0.15) is 0 Å². The Morgan fingerprint density at radius 1 is 1.44 bits per heavy atom. The molecule has 1 aromatic carbocycles. The largest absolute Gasteiger partial charge is 0.481 e. The number of hydrogen-bond acceptors (Lipinski definition) is 3. The Morgan fingerprint density at radius 3 is 2.67 bits per heavy atom. The summed E-state index contributed by atoms with van der Waals surface area (Å²) >= 11 is 5.85. The van der Waals surface area contributed by atoms with Crippen molar-refractivity contribution >= 4 is 27.6 Å². The van der Waals surface area contributed by atoms with Gasteiger partial charge >= 0.3 is 5.97 Å². The van der Waals surface area contributed by atoms with E-state index in [1.807, 2.05) is 0 Å². The van der Waals surface area contributed by atoms with Crippen molar-refractivity contribution in [2.45, 2.75) is 24.7 Å². The monoisotopic (exact) mass is 291 g/mol. The molecule has 1 aromatic rings. The van der Waals surface area contributed by atoms with Gasteiger partial charge in [0.2, 0.25) is 10.0 Å². The molecule has 0 fully saturated rings. The first-order valence-electron chi connectivity index (χ1n) is 5.30. The van der Waals surface area contributed by atoms with Crippen LogP contribution in [0.3, 0.4) is 0 Å². The van der Waals surface area contributed by atoms with E-state index in [0.717, 1.165) is 5.56 Å². The lowest BCUT2D eigenvalue weighted by molar-refractivity contribution is -0.137. The Labute approximate surface area is 111 Å². The highest BCUT2D eigenvalue weighted by Crippen LogP contribution is 2.19. The third-order valence-electron chi connectivity index (χ3n) is 2.31. The Kier molecular flexibility index (Phi) is 5.13. The third kappa shape index (κ3) is 4.29. The summed E-state index contributed by atoms with van der Waals surface area (Å²) in [4.78, 5) is 10.4. The number of aryl methyl sites for hydroxylation is 1. The van der Waals surface area contributed by atoms with Gasteiger partial charge in [-0.05, 0) is 31.0 Å². The number of hydrogen-bond donors (Lipinski definition) is 2. The number of nitrogens with one attached hydrogen (secondary N) is 1. The average Bonchev–Trinajstić information content (AvgIpc) is 2.28. The summed E-state index contributed by atoms with van der Waals surface area (Å²) in [6, 6.07) is 4.45. The van der Waals surface area contributed by atoms with Gasteiger partial charge in [0.1, 0.15) is 0 Å².